The Labute approximate surface area is 100 Å². The molecule has 2 bridgehead atoms. The Morgan fingerprint density at radius 1 is 1.53 bits per heavy atom. The summed E-state index contributed by atoms with van der Waals surface area (Å²) in [5.41, 5.74) is 0.302. The van der Waals surface area contributed by atoms with Crippen LogP contribution in [0.25, 0.3) is 0 Å². The van der Waals surface area contributed by atoms with Gasteiger partial charge in [-0.25, -0.2) is 4.79 Å². The number of rotatable bonds is 3. The van der Waals surface area contributed by atoms with Crippen LogP contribution in [0.4, 0.5) is 0 Å². The molecule has 17 heavy (non-hydrogen) atoms. The predicted molar refractivity (Wildman–Crippen MR) is 60.3 cm³/mol. The molecule has 92 valence electrons. The van der Waals surface area contributed by atoms with Crippen LogP contribution in [0.15, 0.2) is 6.20 Å². The monoisotopic (exact) mass is 235 g/mol. The number of carbonyl (C=O) groups excluding carboxylic acids is 1. The Balaban J connectivity index is 1.65. The van der Waals surface area contributed by atoms with Crippen molar-refractivity contribution in [2.75, 3.05) is 7.11 Å². The molecular weight excluding hydrogens is 218 g/mol. The van der Waals surface area contributed by atoms with Gasteiger partial charge in [0.05, 0.1) is 13.3 Å². The largest absolute Gasteiger partial charge is 0.464 e. The van der Waals surface area contributed by atoms with Gasteiger partial charge in [0.2, 0.25) is 0 Å². The predicted octanol–water partition coefficient (Wildman–Crippen LogP) is 1.50. The molecule has 0 spiro atoms. The SMILES string of the molecule is COC(=O)c1cn(CC2CC3CCC2C3)nn1. The molecule has 2 saturated carbocycles. The summed E-state index contributed by atoms with van der Waals surface area (Å²) in [5, 5.41) is 7.83. The fourth-order valence-electron chi connectivity index (χ4n) is 3.43. The van der Waals surface area contributed by atoms with Gasteiger partial charge >= 0.3 is 5.97 Å². The van der Waals surface area contributed by atoms with E-state index in [0.29, 0.717) is 5.69 Å². The van der Waals surface area contributed by atoms with Gasteiger partial charge in [0.1, 0.15) is 0 Å². The maximum atomic E-state index is 11.3. The summed E-state index contributed by atoms with van der Waals surface area (Å²) in [5.74, 6) is 2.12. The summed E-state index contributed by atoms with van der Waals surface area (Å²) >= 11 is 0. The number of nitrogens with zero attached hydrogens (tertiary/aromatic N) is 3. The minimum atomic E-state index is -0.413. The topological polar surface area (TPSA) is 57.0 Å². The summed E-state index contributed by atoms with van der Waals surface area (Å²) in [7, 11) is 1.36. The van der Waals surface area contributed by atoms with Crippen molar-refractivity contribution in [2.45, 2.75) is 32.2 Å². The smallest absolute Gasteiger partial charge is 0.360 e. The molecule has 0 amide bonds. The molecule has 2 aliphatic rings. The molecule has 2 aliphatic carbocycles. The summed E-state index contributed by atoms with van der Waals surface area (Å²) in [6, 6.07) is 0. The van der Waals surface area contributed by atoms with Crippen LogP contribution >= 0.6 is 0 Å². The van der Waals surface area contributed by atoms with Crippen molar-refractivity contribution in [3.05, 3.63) is 11.9 Å². The molecule has 2 fully saturated rings. The minimum absolute atomic E-state index is 0.302. The van der Waals surface area contributed by atoms with E-state index in [1.807, 2.05) is 0 Å². The van der Waals surface area contributed by atoms with Crippen molar-refractivity contribution in [1.82, 2.24) is 15.0 Å². The average molecular weight is 235 g/mol. The lowest BCUT2D eigenvalue weighted by Crippen LogP contribution is -2.17. The van der Waals surface area contributed by atoms with Crippen LogP contribution in [0.2, 0.25) is 0 Å². The van der Waals surface area contributed by atoms with Gasteiger partial charge in [-0.2, -0.15) is 0 Å². The second-order valence-electron chi connectivity index (χ2n) is 5.25. The maximum Gasteiger partial charge on any atom is 0.360 e. The van der Waals surface area contributed by atoms with Crippen molar-refractivity contribution in [1.29, 1.82) is 0 Å². The first-order valence-corrected chi connectivity index (χ1v) is 6.24. The van der Waals surface area contributed by atoms with Gasteiger partial charge < -0.3 is 4.74 Å². The Morgan fingerprint density at radius 3 is 3.06 bits per heavy atom. The van der Waals surface area contributed by atoms with Gasteiger partial charge in [-0.3, -0.25) is 4.68 Å². The fraction of sp³-hybridized carbons (Fsp3) is 0.750. The molecule has 3 atom stereocenters. The van der Waals surface area contributed by atoms with Crippen molar-refractivity contribution in [3.8, 4) is 0 Å². The van der Waals surface area contributed by atoms with Crippen LogP contribution in [0.1, 0.15) is 36.2 Å². The summed E-state index contributed by atoms with van der Waals surface area (Å²) < 4.78 is 6.40. The summed E-state index contributed by atoms with van der Waals surface area (Å²) in [6.45, 7) is 0.894. The highest BCUT2D eigenvalue weighted by Crippen LogP contribution is 2.48. The van der Waals surface area contributed by atoms with Crippen LogP contribution in [-0.2, 0) is 11.3 Å². The lowest BCUT2D eigenvalue weighted by Gasteiger charge is -2.20. The maximum absolute atomic E-state index is 11.3. The number of carbonyl (C=O) groups is 1. The zero-order chi connectivity index (χ0) is 11.8. The quantitative estimate of drug-likeness (QED) is 0.745. The highest BCUT2D eigenvalue weighted by molar-refractivity contribution is 5.86. The van der Waals surface area contributed by atoms with Gasteiger partial charge in [0, 0.05) is 6.54 Å². The van der Waals surface area contributed by atoms with E-state index in [4.69, 9.17) is 0 Å². The average Bonchev–Trinajstić information content (AvgIpc) is 3.03. The Morgan fingerprint density at radius 2 is 2.41 bits per heavy atom. The molecule has 1 aromatic rings. The number of hydrogen-bond acceptors (Lipinski definition) is 4. The van der Waals surface area contributed by atoms with Gasteiger partial charge in [0.15, 0.2) is 5.69 Å². The summed E-state index contributed by atoms with van der Waals surface area (Å²) in [6.07, 6.45) is 7.18. The third kappa shape index (κ3) is 1.94. The van der Waals surface area contributed by atoms with Crippen LogP contribution in [0, 0.1) is 17.8 Å². The molecule has 5 nitrogen and oxygen atoms in total. The fourth-order valence-corrected chi connectivity index (χ4v) is 3.43. The van der Waals surface area contributed by atoms with E-state index in [0.717, 1.165) is 24.3 Å². The first-order valence-electron chi connectivity index (χ1n) is 6.24. The first kappa shape index (κ1) is 10.7. The van der Waals surface area contributed by atoms with Crippen molar-refractivity contribution < 1.29 is 9.53 Å². The van der Waals surface area contributed by atoms with E-state index in [2.05, 4.69) is 15.0 Å². The van der Waals surface area contributed by atoms with E-state index >= 15 is 0 Å². The lowest BCUT2D eigenvalue weighted by atomic mass is 9.89. The summed E-state index contributed by atoms with van der Waals surface area (Å²) in [4.78, 5) is 11.3. The Kier molecular flexibility index (Phi) is 2.61. The number of aromatic nitrogens is 3. The van der Waals surface area contributed by atoms with Crippen LogP contribution in [0.5, 0.6) is 0 Å². The van der Waals surface area contributed by atoms with E-state index in [9.17, 15) is 4.79 Å². The van der Waals surface area contributed by atoms with E-state index in [1.165, 1.54) is 32.8 Å². The highest BCUT2D eigenvalue weighted by atomic mass is 16.5. The van der Waals surface area contributed by atoms with E-state index in [1.54, 1.807) is 10.9 Å². The van der Waals surface area contributed by atoms with Crippen molar-refractivity contribution >= 4 is 5.97 Å². The minimum Gasteiger partial charge on any atom is -0.464 e. The molecular formula is C12H17N3O2. The molecule has 3 rings (SSSR count). The molecule has 5 heteroatoms. The zero-order valence-electron chi connectivity index (χ0n) is 10.0. The Bertz CT molecular complexity index is 429. The van der Waals surface area contributed by atoms with Gasteiger partial charge in [0.25, 0.3) is 0 Å². The molecule has 1 heterocycles. The Hall–Kier alpha value is -1.39. The molecule has 0 N–H and O–H groups in total. The van der Waals surface area contributed by atoms with Gasteiger partial charge in [-0.1, -0.05) is 11.6 Å². The van der Waals surface area contributed by atoms with Crippen molar-refractivity contribution in [3.63, 3.8) is 0 Å². The number of esters is 1. The highest BCUT2D eigenvalue weighted by Gasteiger charge is 2.39. The molecule has 0 aliphatic heterocycles. The van der Waals surface area contributed by atoms with Crippen molar-refractivity contribution in [2.24, 2.45) is 17.8 Å². The van der Waals surface area contributed by atoms with E-state index in [-0.39, 0.29) is 0 Å². The lowest BCUT2D eigenvalue weighted by molar-refractivity contribution is 0.0594. The normalized spacial score (nSPS) is 30.8. The molecule has 3 unspecified atom stereocenters. The standard InChI is InChI=1S/C12H17N3O2/c1-17-12(16)11-7-15(14-13-11)6-10-5-8-2-3-9(10)4-8/h7-10H,2-6H2,1H3. The molecule has 0 aromatic carbocycles. The van der Waals surface area contributed by atoms with Crippen LogP contribution in [-0.4, -0.2) is 28.1 Å². The molecule has 0 saturated heterocycles. The second-order valence-corrected chi connectivity index (χ2v) is 5.25. The van der Waals surface area contributed by atoms with E-state index < -0.39 is 5.97 Å². The molecule has 0 radical (unpaired) electrons. The number of ether oxygens (including phenoxy) is 1. The van der Waals surface area contributed by atoms with Crippen LogP contribution < -0.4 is 0 Å². The van der Waals surface area contributed by atoms with Gasteiger partial charge in [-0.15, -0.1) is 5.10 Å². The number of methoxy groups -OCH3 is 1. The van der Waals surface area contributed by atoms with Gasteiger partial charge in [-0.05, 0) is 37.0 Å². The first-order chi connectivity index (χ1) is 8.26. The number of hydrogen-bond donors (Lipinski definition) is 0. The zero-order valence-corrected chi connectivity index (χ0v) is 10.0. The van der Waals surface area contributed by atoms with Crippen LogP contribution in [0.3, 0.4) is 0 Å². The second kappa shape index (κ2) is 4.13. The molecule has 1 aromatic heterocycles. The third-order valence-corrected chi connectivity index (χ3v) is 4.24. The third-order valence-electron chi connectivity index (χ3n) is 4.24. The number of fused-ring (bicyclic) bond motifs is 2.